The van der Waals surface area contributed by atoms with E-state index in [1.54, 1.807) is 0 Å². The van der Waals surface area contributed by atoms with Crippen molar-refractivity contribution in [1.29, 1.82) is 0 Å². The second kappa shape index (κ2) is 47.3. The first-order valence-corrected chi connectivity index (χ1v) is 26.7. The van der Waals surface area contributed by atoms with Gasteiger partial charge in [-0.2, -0.15) is 0 Å². The maximum Gasteiger partial charge on any atom is 0.472 e. The number of esters is 1. The van der Waals surface area contributed by atoms with Crippen molar-refractivity contribution in [3.8, 4) is 0 Å². The lowest BCUT2D eigenvalue weighted by molar-refractivity contribution is -0.154. The highest BCUT2D eigenvalue weighted by atomic mass is 31.2. The van der Waals surface area contributed by atoms with Gasteiger partial charge in [-0.15, -0.1) is 0 Å². The van der Waals surface area contributed by atoms with E-state index in [2.05, 4.69) is 26.0 Å². The molecule has 0 amide bonds. The van der Waals surface area contributed by atoms with Gasteiger partial charge in [0.25, 0.3) is 0 Å². The van der Waals surface area contributed by atoms with Crippen LogP contribution in [0.1, 0.15) is 258 Å². The zero-order valence-corrected chi connectivity index (χ0v) is 39.5. The first-order valence-electron chi connectivity index (χ1n) is 25.2. The maximum absolute atomic E-state index is 12.6. The minimum Gasteiger partial charge on any atom is -0.457 e. The number of allylic oxidation sites excluding steroid dienone is 2. The Morgan fingerprint density at radius 3 is 1.26 bits per heavy atom. The highest BCUT2D eigenvalue weighted by Crippen LogP contribution is 2.43. The number of nitrogens with two attached hydrogens (primary N) is 1. The number of phosphoric acid groups is 1. The van der Waals surface area contributed by atoms with Crippen LogP contribution in [0.4, 0.5) is 0 Å². The Hall–Kier alpha value is -0.760. The SMILES string of the molecule is CCCCCCCCC/C=C\CCCCCCCCCCOCC(COP(=O)(O)OCCN)OC(=O)CCCCCCCCCCCCCCCCCCCCCC. The molecule has 0 bridgehead atoms. The third-order valence-electron chi connectivity index (χ3n) is 11.2. The zero-order chi connectivity index (χ0) is 42.3. The van der Waals surface area contributed by atoms with Crippen LogP contribution in [0.2, 0.25) is 0 Å². The fourth-order valence-electron chi connectivity index (χ4n) is 7.46. The van der Waals surface area contributed by atoms with Gasteiger partial charge in [0, 0.05) is 19.6 Å². The molecule has 0 fully saturated rings. The first-order chi connectivity index (χ1) is 28.4. The van der Waals surface area contributed by atoms with Crippen molar-refractivity contribution in [3.63, 3.8) is 0 Å². The zero-order valence-electron chi connectivity index (χ0n) is 38.6. The summed E-state index contributed by atoms with van der Waals surface area (Å²) >= 11 is 0. The predicted molar refractivity (Wildman–Crippen MR) is 247 cm³/mol. The predicted octanol–water partition coefficient (Wildman–Crippen LogP) is 15.4. The summed E-state index contributed by atoms with van der Waals surface area (Å²) in [5.41, 5.74) is 5.39. The second-order valence-electron chi connectivity index (χ2n) is 17.0. The average Bonchev–Trinajstić information content (AvgIpc) is 3.21. The van der Waals surface area contributed by atoms with Gasteiger partial charge in [-0.3, -0.25) is 13.8 Å². The molecule has 8 nitrogen and oxygen atoms in total. The van der Waals surface area contributed by atoms with Gasteiger partial charge in [0.1, 0.15) is 6.10 Å². The van der Waals surface area contributed by atoms with Gasteiger partial charge in [0.15, 0.2) is 0 Å². The van der Waals surface area contributed by atoms with Crippen molar-refractivity contribution in [2.24, 2.45) is 5.73 Å². The van der Waals surface area contributed by atoms with Crippen molar-refractivity contribution < 1.29 is 32.8 Å². The molecule has 0 saturated carbocycles. The first kappa shape index (κ1) is 57.2. The Balaban J connectivity index is 3.91. The van der Waals surface area contributed by atoms with Crippen molar-refractivity contribution in [2.45, 2.75) is 264 Å². The number of ether oxygens (including phenoxy) is 2. The fourth-order valence-corrected chi connectivity index (χ4v) is 8.23. The number of carbonyl (C=O) groups is 1. The molecule has 0 aromatic heterocycles. The van der Waals surface area contributed by atoms with E-state index in [0.29, 0.717) is 13.0 Å². The summed E-state index contributed by atoms with van der Waals surface area (Å²) < 4.78 is 33.6. The van der Waals surface area contributed by atoms with Gasteiger partial charge in [0.05, 0.1) is 19.8 Å². The van der Waals surface area contributed by atoms with E-state index in [1.807, 2.05) is 0 Å². The third kappa shape index (κ3) is 46.3. The van der Waals surface area contributed by atoms with E-state index >= 15 is 0 Å². The Morgan fingerprint density at radius 1 is 0.500 bits per heavy atom. The van der Waals surface area contributed by atoms with Crippen LogP contribution in [0.15, 0.2) is 12.2 Å². The fraction of sp³-hybridized carbons (Fsp3) is 0.939. The molecule has 0 saturated heterocycles. The Labute approximate surface area is 360 Å². The van der Waals surface area contributed by atoms with E-state index in [0.717, 1.165) is 32.1 Å². The summed E-state index contributed by atoms with van der Waals surface area (Å²) in [5, 5.41) is 0. The third-order valence-corrected chi connectivity index (χ3v) is 12.2. The van der Waals surface area contributed by atoms with Gasteiger partial charge >= 0.3 is 13.8 Å². The minimum atomic E-state index is -4.28. The highest BCUT2D eigenvalue weighted by Gasteiger charge is 2.25. The molecule has 346 valence electrons. The molecule has 0 aliphatic rings. The van der Waals surface area contributed by atoms with Crippen LogP contribution in [-0.4, -0.2) is 49.9 Å². The largest absolute Gasteiger partial charge is 0.472 e. The molecular formula is C49H98NO7P. The molecule has 0 aromatic carbocycles. The van der Waals surface area contributed by atoms with E-state index in [9.17, 15) is 14.3 Å². The molecule has 0 aliphatic heterocycles. The summed E-state index contributed by atoms with van der Waals surface area (Å²) in [4.78, 5) is 22.6. The molecule has 0 aliphatic carbocycles. The lowest BCUT2D eigenvalue weighted by Gasteiger charge is -2.20. The van der Waals surface area contributed by atoms with Crippen LogP contribution in [-0.2, 0) is 27.9 Å². The number of unbranched alkanes of at least 4 members (excludes halogenated alkanes) is 34. The normalized spacial score (nSPS) is 13.4. The molecule has 0 radical (unpaired) electrons. The molecule has 9 heteroatoms. The molecule has 58 heavy (non-hydrogen) atoms. The van der Waals surface area contributed by atoms with Crippen molar-refractivity contribution in [3.05, 3.63) is 12.2 Å². The van der Waals surface area contributed by atoms with E-state index in [-0.39, 0.29) is 32.3 Å². The molecule has 0 aromatic rings. The van der Waals surface area contributed by atoms with Gasteiger partial charge in [0.2, 0.25) is 0 Å². The number of hydrogen-bond acceptors (Lipinski definition) is 7. The smallest absolute Gasteiger partial charge is 0.457 e. The van der Waals surface area contributed by atoms with Crippen LogP contribution in [0.5, 0.6) is 0 Å². The minimum absolute atomic E-state index is 0.0923. The van der Waals surface area contributed by atoms with Gasteiger partial charge < -0.3 is 20.1 Å². The molecular weight excluding hydrogens is 746 g/mol. The lowest BCUT2D eigenvalue weighted by Crippen LogP contribution is -2.28. The van der Waals surface area contributed by atoms with E-state index in [1.165, 1.54) is 205 Å². The van der Waals surface area contributed by atoms with E-state index < -0.39 is 13.9 Å². The molecule has 2 atom stereocenters. The van der Waals surface area contributed by atoms with Crippen LogP contribution >= 0.6 is 7.82 Å². The number of rotatable bonds is 49. The molecule has 2 unspecified atom stereocenters. The second-order valence-corrected chi connectivity index (χ2v) is 18.5. The summed E-state index contributed by atoms with van der Waals surface area (Å²) in [6, 6.07) is 0. The molecule has 3 N–H and O–H groups in total. The highest BCUT2D eigenvalue weighted by molar-refractivity contribution is 7.47. The lowest BCUT2D eigenvalue weighted by atomic mass is 10.0. The maximum atomic E-state index is 12.6. The number of carbonyl (C=O) groups excluding carboxylic acids is 1. The van der Waals surface area contributed by atoms with Crippen LogP contribution in [0.25, 0.3) is 0 Å². The quantitative estimate of drug-likeness (QED) is 0.0269. The average molecular weight is 844 g/mol. The number of hydrogen-bond donors (Lipinski definition) is 2. The summed E-state index contributed by atoms with van der Waals surface area (Å²) in [7, 11) is -4.28. The Morgan fingerprint density at radius 2 is 0.862 bits per heavy atom. The van der Waals surface area contributed by atoms with Gasteiger partial charge in [-0.25, -0.2) is 4.57 Å². The van der Waals surface area contributed by atoms with Gasteiger partial charge in [-0.1, -0.05) is 225 Å². The standard InChI is InChI=1S/C49H98NO7P/c1-3-5-7-9-11-13-15-17-19-21-23-24-26-28-30-32-34-36-38-40-42-49(51)57-48(47-56-58(52,53)55-45-43-50)46-54-44-41-39-37-35-33-31-29-27-25-22-20-18-16-14-12-10-8-6-4-2/h20,22,48H,3-19,21,23-47,50H2,1-2H3,(H,52,53)/b22-20-. The van der Waals surface area contributed by atoms with Crippen LogP contribution < -0.4 is 5.73 Å². The molecule has 0 rings (SSSR count). The van der Waals surface area contributed by atoms with Crippen LogP contribution in [0.3, 0.4) is 0 Å². The van der Waals surface area contributed by atoms with Crippen LogP contribution in [0, 0.1) is 0 Å². The monoisotopic (exact) mass is 844 g/mol. The number of phosphoric ester groups is 1. The summed E-state index contributed by atoms with van der Waals surface area (Å²) in [6.45, 7) is 4.98. The summed E-state index contributed by atoms with van der Waals surface area (Å²) in [5.74, 6) is -0.324. The topological polar surface area (TPSA) is 117 Å². The molecule has 0 spiro atoms. The molecule has 0 heterocycles. The summed E-state index contributed by atoms with van der Waals surface area (Å²) in [6.07, 6.45) is 52.4. The Kier molecular flexibility index (Phi) is 46.7. The van der Waals surface area contributed by atoms with Crippen molar-refractivity contribution in [2.75, 3.05) is 33.0 Å². The van der Waals surface area contributed by atoms with Crippen molar-refractivity contribution >= 4 is 13.8 Å². The van der Waals surface area contributed by atoms with Gasteiger partial charge in [-0.05, 0) is 38.5 Å². The van der Waals surface area contributed by atoms with Crippen molar-refractivity contribution in [1.82, 2.24) is 0 Å². The van der Waals surface area contributed by atoms with E-state index in [4.69, 9.17) is 24.3 Å². The Bertz CT molecular complexity index is 904.